The Morgan fingerprint density at radius 1 is 1.72 bits per heavy atom. The summed E-state index contributed by atoms with van der Waals surface area (Å²) in [6.07, 6.45) is 0.229. The maximum absolute atomic E-state index is 14.5. The number of alkyl halides is 1. The molecule has 6 nitrogen and oxygen atoms in total. The Hall–Kier alpha value is -1.47. The Labute approximate surface area is 103 Å². The minimum Gasteiger partial charge on any atom is -0.396 e. The van der Waals surface area contributed by atoms with Gasteiger partial charge in [-0.1, -0.05) is 0 Å². The Bertz CT molecular complexity index is 503. The number of nitrogens with two attached hydrogens (primary N) is 1. The fraction of sp³-hybridized carbons (Fsp3) is 0.636. The van der Waals surface area contributed by atoms with Crippen molar-refractivity contribution < 1.29 is 14.6 Å². The number of aliphatic hydroxyl groups is 2. The Balaban J connectivity index is 2.42. The van der Waals surface area contributed by atoms with Crippen molar-refractivity contribution >= 4 is 5.82 Å². The second-order valence-electron chi connectivity index (χ2n) is 4.83. The van der Waals surface area contributed by atoms with E-state index < -0.39 is 29.4 Å². The molecule has 0 aliphatic heterocycles. The maximum atomic E-state index is 14.5. The van der Waals surface area contributed by atoms with Gasteiger partial charge in [-0.3, -0.25) is 4.57 Å². The molecule has 100 valence electrons. The Morgan fingerprint density at radius 2 is 2.39 bits per heavy atom. The predicted molar refractivity (Wildman–Crippen MR) is 62.7 cm³/mol. The topological polar surface area (TPSA) is 101 Å². The smallest absolute Gasteiger partial charge is 0.349 e. The number of rotatable bonds is 2. The second-order valence-corrected chi connectivity index (χ2v) is 4.83. The van der Waals surface area contributed by atoms with Crippen LogP contribution in [0.2, 0.25) is 0 Å². The molecule has 1 saturated carbocycles. The number of aromatic nitrogens is 2. The molecular weight excluding hydrogens is 241 g/mol. The molecule has 0 amide bonds. The number of aliphatic hydroxyl groups excluding tert-OH is 2. The summed E-state index contributed by atoms with van der Waals surface area (Å²) < 4.78 is 15.6. The molecule has 1 heterocycles. The standard InChI is InChI=1S/C11H16FN3O3/c1-11(12)7(4-6(5-16)9(11)17)15-3-2-8(13)14-10(15)18/h2-3,6-7,9,16-17H,4-5H2,1H3,(H2,13,14,18)/t6-,7-,9-,11+/m1/s1. The van der Waals surface area contributed by atoms with E-state index in [0.717, 1.165) is 4.57 Å². The van der Waals surface area contributed by atoms with Gasteiger partial charge < -0.3 is 15.9 Å². The summed E-state index contributed by atoms with van der Waals surface area (Å²) in [7, 11) is 0. The van der Waals surface area contributed by atoms with Gasteiger partial charge >= 0.3 is 5.69 Å². The molecule has 1 aromatic heterocycles. The monoisotopic (exact) mass is 257 g/mol. The van der Waals surface area contributed by atoms with Crippen LogP contribution in [-0.4, -0.2) is 38.1 Å². The van der Waals surface area contributed by atoms with Gasteiger partial charge in [-0.25, -0.2) is 9.18 Å². The van der Waals surface area contributed by atoms with Crippen LogP contribution in [0.4, 0.5) is 10.2 Å². The van der Waals surface area contributed by atoms with E-state index in [1.54, 1.807) is 0 Å². The van der Waals surface area contributed by atoms with Crippen LogP contribution in [0.5, 0.6) is 0 Å². The minimum absolute atomic E-state index is 0.0639. The van der Waals surface area contributed by atoms with Gasteiger partial charge in [-0.2, -0.15) is 4.98 Å². The Morgan fingerprint density at radius 3 is 2.89 bits per heavy atom. The number of nitrogen functional groups attached to an aromatic ring is 1. The summed E-state index contributed by atoms with van der Waals surface area (Å²) in [6.45, 7) is 0.898. The molecule has 7 heteroatoms. The summed E-state index contributed by atoms with van der Waals surface area (Å²) in [4.78, 5) is 15.2. The van der Waals surface area contributed by atoms with Crippen molar-refractivity contribution in [3.63, 3.8) is 0 Å². The SMILES string of the molecule is C[C@@]1(F)[C@H](O)[C@@H](CO)C[C@H]1n1ccc(N)nc1=O. The van der Waals surface area contributed by atoms with E-state index in [4.69, 9.17) is 10.8 Å². The van der Waals surface area contributed by atoms with E-state index in [1.807, 2.05) is 0 Å². The molecule has 0 unspecified atom stereocenters. The van der Waals surface area contributed by atoms with Crippen molar-refractivity contribution in [2.45, 2.75) is 31.2 Å². The third-order valence-corrected chi connectivity index (χ3v) is 3.62. The maximum Gasteiger partial charge on any atom is 0.349 e. The largest absolute Gasteiger partial charge is 0.396 e. The van der Waals surface area contributed by atoms with E-state index in [0.29, 0.717) is 0 Å². The first-order valence-electron chi connectivity index (χ1n) is 5.70. The first-order chi connectivity index (χ1) is 8.37. The second kappa shape index (κ2) is 4.33. The molecule has 0 bridgehead atoms. The molecule has 0 saturated heterocycles. The van der Waals surface area contributed by atoms with Gasteiger partial charge in [-0.15, -0.1) is 0 Å². The van der Waals surface area contributed by atoms with Gasteiger partial charge in [0, 0.05) is 18.7 Å². The minimum atomic E-state index is -1.99. The molecular formula is C11H16FN3O3. The van der Waals surface area contributed by atoms with E-state index in [2.05, 4.69) is 4.98 Å². The fourth-order valence-corrected chi connectivity index (χ4v) is 2.53. The van der Waals surface area contributed by atoms with Crippen molar-refractivity contribution in [2.75, 3.05) is 12.3 Å². The van der Waals surface area contributed by atoms with E-state index in [-0.39, 0.29) is 18.8 Å². The molecule has 18 heavy (non-hydrogen) atoms. The zero-order valence-electron chi connectivity index (χ0n) is 9.95. The van der Waals surface area contributed by atoms with Crippen LogP contribution < -0.4 is 11.4 Å². The summed E-state index contributed by atoms with van der Waals surface area (Å²) in [5.74, 6) is -0.525. The summed E-state index contributed by atoms with van der Waals surface area (Å²) in [5.41, 5.74) is 2.72. The molecule has 0 radical (unpaired) electrons. The van der Waals surface area contributed by atoms with Crippen molar-refractivity contribution in [3.8, 4) is 0 Å². The number of halogens is 1. The molecule has 2 rings (SSSR count). The summed E-state index contributed by atoms with van der Waals surface area (Å²) in [6, 6.07) is 0.543. The zero-order valence-corrected chi connectivity index (χ0v) is 9.95. The molecule has 0 spiro atoms. The highest BCUT2D eigenvalue weighted by atomic mass is 19.1. The van der Waals surface area contributed by atoms with Gasteiger partial charge in [0.25, 0.3) is 0 Å². The van der Waals surface area contributed by atoms with Gasteiger partial charge in [0.2, 0.25) is 0 Å². The molecule has 0 aromatic carbocycles. The molecule has 4 N–H and O–H groups in total. The quantitative estimate of drug-likeness (QED) is 0.661. The lowest BCUT2D eigenvalue weighted by atomic mass is 9.98. The molecule has 1 fully saturated rings. The van der Waals surface area contributed by atoms with Crippen LogP contribution in [0.3, 0.4) is 0 Å². The normalized spacial score (nSPS) is 35.9. The molecule has 1 aliphatic rings. The summed E-state index contributed by atoms with van der Waals surface area (Å²) in [5, 5.41) is 18.9. The van der Waals surface area contributed by atoms with Crippen LogP contribution in [0.1, 0.15) is 19.4 Å². The van der Waals surface area contributed by atoms with E-state index in [9.17, 15) is 14.3 Å². The number of nitrogens with zero attached hydrogens (tertiary/aromatic N) is 2. The van der Waals surface area contributed by atoms with Crippen molar-refractivity contribution in [1.82, 2.24) is 9.55 Å². The number of hydrogen-bond acceptors (Lipinski definition) is 5. The first kappa shape index (κ1) is 13.0. The highest BCUT2D eigenvalue weighted by Gasteiger charge is 2.53. The van der Waals surface area contributed by atoms with Gasteiger partial charge in [0.05, 0.1) is 12.1 Å². The van der Waals surface area contributed by atoms with Crippen molar-refractivity contribution in [1.29, 1.82) is 0 Å². The number of hydrogen-bond donors (Lipinski definition) is 3. The fourth-order valence-electron chi connectivity index (χ4n) is 2.53. The van der Waals surface area contributed by atoms with Gasteiger partial charge in [0.1, 0.15) is 5.82 Å². The molecule has 1 aliphatic carbocycles. The van der Waals surface area contributed by atoms with E-state index in [1.165, 1.54) is 19.2 Å². The van der Waals surface area contributed by atoms with Crippen LogP contribution in [0.15, 0.2) is 17.1 Å². The van der Waals surface area contributed by atoms with Crippen LogP contribution in [-0.2, 0) is 0 Å². The van der Waals surface area contributed by atoms with Crippen molar-refractivity contribution in [2.24, 2.45) is 5.92 Å². The van der Waals surface area contributed by atoms with Gasteiger partial charge in [-0.05, 0) is 19.4 Å². The lowest BCUT2D eigenvalue weighted by molar-refractivity contribution is -0.0207. The lowest BCUT2D eigenvalue weighted by Gasteiger charge is -2.27. The van der Waals surface area contributed by atoms with Crippen LogP contribution in [0.25, 0.3) is 0 Å². The van der Waals surface area contributed by atoms with Gasteiger partial charge in [0.15, 0.2) is 5.67 Å². The third kappa shape index (κ3) is 1.89. The highest BCUT2D eigenvalue weighted by molar-refractivity contribution is 5.24. The average molecular weight is 257 g/mol. The Kier molecular flexibility index (Phi) is 3.12. The van der Waals surface area contributed by atoms with Crippen LogP contribution >= 0.6 is 0 Å². The third-order valence-electron chi connectivity index (χ3n) is 3.62. The summed E-state index contributed by atoms with van der Waals surface area (Å²) >= 11 is 0. The van der Waals surface area contributed by atoms with Crippen molar-refractivity contribution in [3.05, 3.63) is 22.7 Å². The van der Waals surface area contributed by atoms with Crippen LogP contribution in [0, 0.1) is 5.92 Å². The predicted octanol–water partition coefficient (Wildman–Crippen LogP) is -0.532. The van der Waals surface area contributed by atoms with E-state index >= 15 is 0 Å². The number of anilines is 1. The first-order valence-corrected chi connectivity index (χ1v) is 5.70. The average Bonchev–Trinajstić information content (AvgIpc) is 2.52. The molecule has 4 atom stereocenters. The highest BCUT2D eigenvalue weighted by Crippen LogP contribution is 2.44. The molecule has 1 aromatic rings. The lowest BCUT2D eigenvalue weighted by Crippen LogP contribution is -2.41. The zero-order chi connectivity index (χ0) is 13.5.